The Morgan fingerprint density at radius 2 is 2.12 bits per heavy atom. The molecule has 6 nitrogen and oxygen atoms in total. The van der Waals surface area contributed by atoms with Gasteiger partial charge in [0.2, 0.25) is 0 Å². The molecule has 0 aliphatic carbocycles. The maximum atomic E-state index is 12.2. The van der Waals surface area contributed by atoms with Gasteiger partial charge in [-0.3, -0.25) is 4.90 Å². The van der Waals surface area contributed by atoms with Crippen molar-refractivity contribution < 1.29 is 14.1 Å². The summed E-state index contributed by atoms with van der Waals surface area (Å²) >= 11 is 1.30. The second-order valence-corrected chi connectivity index (χ2v) is 7.46. The first-order valence-corrected chi connectivity index (χ1v) is 8.96. The van der Waals surface area contributed by atoms with Crippen molar-refractivity contribution in [2.75, 3.05) is 18.6 Å². The van der Waals surface area contributed by atoms with Crippen LogP contribution in [0, 0.1) is 17.3 Å². The number of carbonyl (C=O) groups excluding carboxylic acids is 1. The van der Waals surface area contributed by atoms with Crippen molar-refractivity contribution in [3.05, 3.63) is 21.6 Å². The summed E-state index contributed by atoms with van der Waals surface area (Å²) in [6.07, 6.45) is 0.677. The number of carbonyl (C=O) groups is 1. The summed E-state index contributed by atoms with van der Waals surface area (Å²) in [5, 5.41) is 3.93. The molecule has 0 N–H and O–H groups in total. The van der Waals surface area contributed by atoms with Crippen LogP contribution in [0.3, 0.4) is 0 Å². The van der Waals surface area contributed by atoms with E-state index >= 15 is 0 Å². The molecule has 0 aliphatic rings. The molecule has 0 atom stereocenters. The Morgan fingerprint density at radius 3 is 2.64 bits per heavy atom. The summed E-state index contributed by atoms with van der Waals surface area (Å²) in [5.41, 5.74) is 0.548. The smallest absolute Gasteiger partial charge is 0.350 e. The number of thiophene rings is 1. The molecule has 0 spiro atoms. The number of aryl methyl sites for hydroxylation is 1. The highest BCUT2D eigenvalue weighted by Gasteiger charge is 2.24. The number of nitrogens with zero attached hydrogens (tertiary/aromatic N) is 3. The molecule has 0 saturated heterocycles. The Labute approximate surface area is 152 Å². The summed E-state index contributed by atoms with van der Waals surface area (Å²) in [6, 6.07) is 2.23. The van der Waals surface area contributed by atoms with Gasteiger partial charge in [0.1, 0.15) is 4.88 Å². The van der Waals surface area contributed by atoms with Gasteiger partial charge in [-0.25, -0.2) is 4.79 Å². The lowest BCUT2D eigenvalue weighted by Gasteiger charge is -2.17. The fourth-order valence-corrected chi connectivity index (χ4v) is 2.97. The van der Waals surface area contributed by atoms with E-state index in [0.29, 0.717) is 35.4 Å². The zero-order valence-electron chi connectivity index (χ0n) is 15.5. The standard InChI is InChI=1S/C18H23N3O3S/c1-7-14-19-17(24-20-14)21(8-2)13-11-12(9-10-18(3,4)5)25-15(13)16(22)23-6/h11H,7-8H2,1-6H3. The molecule has 25 heavy (non-hydrogen) atoms. The van der Waals surface area contributed by atoms with Crippen LogP contribution >= 0.6 is 11.3 Å². The van der Waals surface area contributed by atoms with Crippen molar-refractivity contribution in [1.29, 1.82) is 0 Å². The maximum absolute atomic E-state index is 12.2. The lowest BCUT2D eigenvalue weighted by Crippen LogP contribution is -2.18. The van der Waals surface area contributed by atoms with Crippen LogP contribution < -0.4 is 4.90 Å². The zero-order chi connectivity index (χ0) is 18.6. The zero-order valence-corrected chi connectivity index (χ0v) is 16.3. The Morgan fingerprint density at radius 1 is 1.40 bits per heavy atom. The van der Waals surface area contributed by atoms with Crippen LogP contribution in [0.4, 0.5) is 11.7 Å². The molecule has 0 amide bonds. The lowest BCUT2D eigenvalue weighted by atomic mass is 9.98. The van der Waals surface area contributed by atoms with Crippen molar-refractivity contribution in [2.45, 2.75) is 41.0 Å². The molecule has 0 aliphatic heterocycles. The first-order valence-electron chi connectivity index (χ1n) is 8.14. The Hall–Kier alpha value is -2.33. The number of esters is 1. The molecule has 2 aromatic heterocycles. The van der Waals surface area contributed by atoms with E-state index in [1.165, 1.54) is 18.4 Å². The predicted octanol–water partition coefficient (Wildman–Crippen LogP) is 4.04. The maximum Gasteiger partial charge on any atom is 0.350 e. The molecule has 0 fully saturated rings. The number of ether oxygens (including phenoxy) is 1. The molecule has 0 radical (unpaired) electrons. The predicted molar refractivity (Wildman–Crippen MR) is 98.3 cm³/mol. The normalized spacial score (nSPS) is 11.0. The lowest BCUT2D eigenvalue weighted by molar-refractivity contribution is 0.0607. The van der Waals surface area contributed by atoms with Crippen LogP contribution in [0.25, 0.3) is 0 Å². The summed E-state index contributed by atoms with van der Waals surface area (Å²) in [7, 11) is 1.37. The molecular weight excluding hydrogens is 338 g/mol. The van der Waals surface area contributed by atoms with Crippen molar-refractivity contribution in [2.24, 2.45) is 5.41 Å². The summed E-state index contributed by atoms with van der Waals surface area (Å²) in [5.74, 6) is 6.54. The first-order chi connectivity index (χ1) is 11.8. The van der Waals surface area contributed by atoms with Crippen molar-refractivity contribution >= 4 is 29.0 Å². The summed E-state index contributed by atoms with van der Waals surface area (Å²) < 4.78 is 10.3. The number of hydrogen-bond acceptors (Lipinski definition) is 7. The minimum atomic E-state index is -0.405. The molecule has 2 aromatic rings. The first kappa shape index (κ1) is 19.0. The highest BCUT2D eigenvalue weighted by Crippen LogP contribution is 2.34. The molecule has 2 rings (SSSR count). The minimum Gasteiger partial charge on any atom is -0.465 e. The van der Waals surface area contributed by atoms with Gasteiger partial charge >= 0.3 is 12.0 Å². The number of hydrogen-bond donors (Lipinski definition) is 0. The number of aromatic nitrogens is 2. The second-order valence-electron chi connectivity index (χ2n) is 6.41. The average Bonchev–Trinajstić information content (AvgIpc) is 3.20. The highest BCUT2D eigenvalue weighted by molar-refractivity contribution is 7.15. The molecule has 2 heterocycles. The van der Waals surface area contributed by atoms with Gasteiger partial charge in [0.25, 0.3) is 0 Å². The van der Waals surface area contributed by atoms with Gasteiger partial charge in [-0.1, -0.05) is 23.9 Å². The van der Waals surface area contributed by atoms with E-state index in [1.54, 1.807) is 4.90 Å². The van der Waals surface area contributed by atoms with Gasteiger partial charge < -0.3 is 9.26 Å². The Kier molecular flexibility index (Phi) is 5.85. The number of anilines is 2. The number of methoxy groups -OCH3 is 1. The van der Waals surface area contributed by atoms with Crippen LogP contribution in [0.1, 0.15) is 55.0 Å². The van der Waals surface area contributed by atoms with Gasteiger partial charge in [0, 0.05) is 18.4 Å². The van der Waals surface area contributed by atoms with E-state index in [4.69, 9.17) is 9.26 Å². The average molecular weight is 361 g/mol. The van der Waals surface area contributed by atoms with E-state index in [-0.39, 0.29) is 5.41 Å². The monoisotopic (exact) mass is 361 g/mol. The minimum absolute atomic E-state index is 0.122. The van der Waals surface area contributed by atoms with Gasteiger partial charge in [-0.05, 0) is 33.8 Å². The molecule has 0 aromatic carbocycles. The SMILES string of the molecule is CCc1noc(N(CC)c2cc(C#CC(C)(C)C)sc2C(=O)OC)n1. The van der Waals surface area contributed by atoms with E-state index in [0.717, 1.165) is 4.88 Å². The molecule has 134 valence electrons. The van der Waals surface area contributed by atoms with Crippen molar-refractivity contribution in [3.63, 3.8) is 0 Å². The van der Waals surface area contributed by atoms with Gasteiger partial charge in [-0.15, -0.1) is 11.3 Å². The second kappa shape index (κ2) is 7.70. The van der Waals surface area contributed by atoms with Crippen LogP contribution in [0.2, 0.25) is 0 Å². The van der Waals surface area contributed by atoms with Crippen LogP contribution in [0.5, 0.6) is 0 Å². The van der Waals surface area contributed by atoms with Gasteiger partial charge in [0.05, 0.1) is 17.7 Å². The third kappa shape index (κ3) is 4.60. The third-order valence-electron chi connectivity index (χ3n) is 3.26. The number of rotatable bonds is 5. The molecule has 0 unspecified atom stereocenters. The highest BCUT2D eigenvalue weighted by atomic mass is 32.1. The van der Waals surface area contributed by atoms with E-state index in [2.05, 4.69) is 22.0 Å². The van der Waals surface area contributed by atoms with E-state index in [1.807, 2.05) is 40.7 Å². The van der Waals surface area contributed by atoms with E-state index < -0.39 is 5.97 Å². The van der Waals surface area contributed by atoms with Crippen molar-refractivity contribution in [3.8, 4) is 11.8 Å². The largest absolute Gasteiger partial charge is 0.465 e. The fourth-order valence-electron chi connectivity index (χ4n) is 2.04. The third-order valence-corrected chi connectivity index (χ3v) is 4.28. The van der Waals surface area contributed by atoms with Crippen LogP contribution in [-0.2, 0) is 11.2 Å². The molecule has 0 bridgehead atoms. The molecule has 0 saturated carbocycles. The van der Waals surface area contributed by atoms with Crippen molar-refractivity contribution in [1.82, 2.24) is 10.1 Å². The van der Waals surface area contributed by atoms with E-state index in [9.17, 15) is 4.79 Å². The summed E-state index contributed by atoms with van der Waals surface area (Å²) in [6.45, 7) is 10.6. The van der Waals surface area contributed by atoms with Crippen LogP contribution in [0.15, 0.2) is 10.6 Å². The van der Waals surface area contributed by atoms with Crippen LogP contribution in [-0.4, -0.2) is 29.8 Å². The Balaban J connectivity index is 2.50. The quantitative estimate of drug-likeness (QED) is 0.591. The summed E-state index contributed by atoms with van der Waals surface area (Å²) in [4.78, 5) is 19.6. The molecular formula is C18H23N3O3S. The van der Waals surface area contributed by atoms with Gasteiger partial charge in [0.15, 0.2) is 5.82 Å². The topological polar surface area (TPSA) is 68.5 Å². The van der Waals surface area contributed by atoms with Gasteiger partial charge in [-0.2, -0.15) is 4.98 Å². The fraction of sp³-hybridized carbons (Fsp3) is 0.500. The Bertz CT molecular complexity index is 806. The molecule has 7 heteroatoms.